The Morgan fingerprint density at radius 3 is 2.18 bits per heavy atom. The molecule has 0 unspecified atom stereocenters. The number of nitrogens with one attached hydrogen (secondary N) is 3. The lowest BCUT2D eigenvalue weighted by Gasteiger charge is -2.35. The summed E-state index contributed by atoms with van der Waals surface area (Å²) in [4.78, 5) is 27.8. The Kier molecular flexibility index (Phi) is 5.35. The fourth-order valence-corrected chi connectivity index (χ4v) is 3.83. The topological polar surface area (TPSA) is 80.9 Å². The Hall–Kier alpha value is -3.61. The van der Waals surface area contributed by atoms with Gasteiger partial charge in [-0.1, -0.05) is 29.8 Å². The van der Waals surface area contributed by atoms with Crippen molar-refractivity contribution in [1.82, 2.24) is 9.55 Å². The van der Waals surface area contributed by atoms with E-state index in [-0.39, 0.29) is 15.2 Å². The van der Waals surface area contributed by atoms with Gasteiger partial charge in [-0.25, -0.2) is 24.1 Å². The predicted octanol–water partition coefficient (Wildman–Crippen LogP) is 2.59. The van der Waals surface area contributed by atoms with Crippen molar-refractivity contribution in [2.75, 3.05) is 5.32 Å². The molecule has 178 valence electrons. The van der Waals surface area contributed by atoms with Gasteiger partial charge in [-0.2, -0.15) is 26.3 Å². The highest BCUT2D eigenvalue weighted by Gasteiger charge is 2.78. The first-order valence-corrected chi connectivity index (χ1v) is 9.62. The summed E-state index contributed by atoms with van der Waals surface area (Å²) in [5, 5.41) is 2.21. The van der Waals surface area contributed by atoms with Crippen molar-refractivity contribution < 1.29 is 35.7 Å². The Bertz CT molecular complexity index is 1430. The van der Waals surface area contributed by atoms with E-state index in [0.717, 1.165) is 24.3 Å². The highest BCUT2D eigenvalue weighted by molar-refractivity contribution is 6.31. The van der Waals surface area contributed by atoms with E-state index >= 15 is 0 Å². The highest BCUT2D eigenvalue weighted by Crippen LogP contribution is 2.48. The second kappa shape index (κ2) is 7.72. The minimum absolute atomic E-state index is 0.0265. The number of aromatic nitrogens is 2. The van der Waals surface area contributed by atoms with E-state index in [9.17, 15) is 40.3 Å². The average molecular weight is 508 g/mol. The molecule has 0 atom stereocenters. The maximum Gasteiger partial charge on any atom is 0.446 e. The number of halogens is 8. The molecule has 0 radical (unpaired) electrons. The van der Waals surface area contributed by atoms with Crippen LogP contribution in [-0.2, 0) is 5.54 Å². The molecule has 0 amide bonds. The molecule has 3 aromatic rings. The molecule has 0 bridgehead atoms. The van der Waals surface area contributed by atoms with E-state index < -0.39 is 57.9 Å². The first kappa shape index (κ1) is 23.5. The quantitative estimate of drug-likeness (QED) is 0.467. The lowest BCUT2D eigenvalue weighted by molar-refractivity contribution is -0.658. The molecule has 1 aliphatic rings. The van der Waals surface area contributed by atoms with Crippen molar-refractivity contribution in [3.05, 3.63) is 91.3 Å². The molecule has 0 fully saturated rings. The van der Waals surface area contributed by atoms with E-state index in [1.165, 1.54) is 34.2 Å². The normalized spacial score (nSPS) is 15.4. The van der Waals surface area contributed by atoms with Gasteiger partial charge in [0.1, 0.15) is 11.4 Å². The zero-order chi connectivity index (χ0) is 25.1. The molecule has 34 heavy (non-hydrogen) atoms. The monoisotopic (exact) mass is 507 g/mol. The standard InChI is InChI=1S/C20H10ClF7N4O2/c21-10-5-3-4-9(8-10)14-29-15-13(18(31-14,19(23,24)25)20(26,27)28)16(33)30-17(34)32(15)12-7-2-1-6-11(12)22/h1-8H,(H,29,31)(H,30,33,34)/p+1. The van der Waals surface area contributed by atoms with Crippen LogP contribution in [0, 0.1) is 5.82 Å². The summed E-state index contributed by atoms with van der Waals surface area (Å²) in [5.41, 5.74) is -11.3. The van der Waals surface area contributed by atoms with Crippen LogP contribution in [0.2, 0.25) is 5.02 Å². The molecular weight excluding hydrogens is 497 g/mol. The third-order valence-electron chi connectivity index (χ3n) is 5.10. The highest BCUT2D eigenvalue weighted by atomic mass is 35.5. The van der Waals surface area contributed by atoms with E-state index in [1.807, 2.05) is 0 Å². The number of nitrogens with zero attached hydrogens (tertiary/aromatic N) is 1. The molecule has 6 nitrogen and oxygen atoms in total. The molecule has 3 N–H and O–H groups in total. The van der Waals surface area contributed by atoms with Gasteiger partial charge in [-0.3, -0.25) is 9.78 Å². The van der Waals surface area contributed by atoms with Gasteiger partial charge in [0.25, 0.3) is 11.4 Å². The lowest BCUT2D eigenvalue weighted by Crippen LogP contribution is -2.97. The first-order valence-electron chi connectivity index (χ1n) is 9.24. The van der Waals surface area contributed by atoms with Crippen LogP contribution in [0.5, 0.6) is 0 Å². The Labute approximate surface area is 189 Å². The lowest BCUT2D eigenvalue weighted by atomic mass is 9.87. The summed E-state index contributed by atoms with van der Waals surface area (Å²) in [5.74, 6) is -3.24. The van der Waals surface area contributed by atoms with Crippen LogP contribution in [0.3, 0.4) is 0 Å². The van der Waals surface area contributed by atoms with Crippen LogP contribution < -0.4 is 21.6 Å². The van der Waals surface area contributed by atoms with Gasteiger partial charge in [-0.05, 0) is 30.3 Å². The minimum atomic E-state index is -6.14. The number of anilines is 1. The molecule has 1 aromatic heterocycles. The number of aromatic amines is 1. The zero-order valence-electron chi connectivity index (χ0n) is 16.4. The maximum atomic E-state index is 14.5. The summed E-state index contributed by atoms with van der Waals surface area (Å²) in [6, 6.07) is 8.95. The molecule has 2 aromatic carbocycles. The Morgan fingerprint density at radius 1 is 0.941 bits per heavy atom. The van der Waals surface area contributed by atoms with E-state index in [2.05, 4.69) is 5.32 Å². The number of para-hydroxylation sites is 1. The van der Waals surface area contributed by atoms with Crippen LogP contribution in [0.25, 0.3) is 5.69 Å². The SMILES string of the molecule is O=c1[nH]c(=O)n(-c2ccccc2F)c2c1C(C(F)(F)F)(C(F)(F)F)[NH+]=C(c1cccc(Cl)c1)N2. The summed E-state index contributed by atoms with van der Waals surface area (Å²) in [6.45, 7) is 0. The van der Waals surface area contributed by atoms with Gasteiger partial charge in [-0.15, -0.1) is 0 Å². The molecule has 14 heteroatoms. The maximum absolute atomic E-state index is 14.5. The van der Waals surface area contributed by atoms with Crippen molar-refractivity contribution in [2.24, 2.45) is 0 Å². The number of alkyl halides is 6. The van der Waals surface area contributed by atoms with Crippen LogP contribution in [0.15, 0.2) is 58.1 Å². The van der Waals surface area contributed by atoms with Crippen LogP contribution in [0.4, 0.5) is 36.6 Å². The van der Waals surface area contributed by atoms with Gasteiger partial charge in [0, 0.05) is 5.02 Å². The second-order valence-electron chi connectivity index (χ2n) is 7.15. The molecular formula is C20H11ClF7N4O2+. The van der Waals surface area contributed by atoms with Gasteiger partial charge >= 0.3 is 23.6 Å². The van der Waals surface area contributed by atoms with Crippen LogP contribution in [0.1, 0.15) is 11.1 Å². The number of amidine groups is 1. The van der Waals surface area contributed by atoms with Crippen molar-refractivity contribution >= 4 is 23.3 Å². The summed E-state index contributed by atoms with van der Waals surface area (Å²) >= 11 is 5.84. The summed E-state index contributed by atoms with van der Waals surface area (Å²) in [7, 11) is 0. The number of benzene rings is 2. The number of H-pyrrole nitrogens is 1. The van der Waals surface area contributed by atoms with Crippen molar-refractivity contribution in [3.8, 4) is 5.69 Å². The van der Waals surface area contributed by atoms with Crippen molar-refractivity contribution in [1.29, 1.82) is 0 Å². The van der Waals surface area contributed by atoms with Gasteiger partial charge in [0.2, 0.25) is 5.82 Å². The second-order valence-corrected chi connectivity index (χ2v) is 7.59. The molecule has 0 saturated carbocycles. The minimum Gasteiger partial charge on any atom is -0.273 e. The molecule has 4 rings (SSSR count). The fourth-order valence-electron chi connectivity index (χ4n) is 3.64. The Morgan fingerprint density at radius 2 is 1.59 bits per heavy atom. The third kappa shape index (κ3) is 3.47. The number of hydrogen-bond acceptors (Lipinski definition) is 3. The molecule has 0 saturated heterocycles. The predicted molar refractivity (Wildman–Crippen MR) is 107 cm³/mol. The molecule has 2 heterocycles. The average Bonchev–Trinajstić information content (AvgIpc) is 2.72. The summed E-state index contributed by atoms with van der Waals surface area (Å²) < 4.78 is 100. The van der Waals surface area contributed by atoms with Gasteiger partial charge in [0.15, 0.2) is 0 Å². The molecule has 1 aliphatic heterocycles. The van der Waals surface area contributed by atoms with Gasteiger partial charge in [0.05, 0.1) is 11.3 Å². The van der Waals surface area contributed by atoms with Crippen molar-refractivity contribution in [3.63, 3.8) is 0 Å². The molecule has 0 aliphatic carbocycles. The van der Waals surface area contributed by atoms with E-state index in [1.54, 1.807) is 0 Å². The van der Waals surface area contributed by atoms with E-state index in [4.69, 9.17) is 11.6 Å². The first-order chi connectivity index (χ1) is 15.8. The number of hydrogen-bond donors (Lipinski definition) is 3. The molecule has 0 spiro atoms. The Balaban J connectivity index is 2.21. The van der Waals surface area contributed by atoms with Crippen LogP contribution in [-0.4, -0.2) is 27.7 Å². The van der Waals surface area contributed by atoms with E-state index in [0.29, 0.717) is 0 Å². The number of rotatable bonds is 2. The largest absolute Gasteiger partial charge is 0.446 e. The van der Waals surface area contributed by atoms with Gasteiger partial charge < -0.3 is 0 Å². The third-order valence-corrected chi connectivity index (χ3v) is 5.33. The zero-order valence-corrected chi connectivity index (χ0v) is 17.2. The van der Waals surface area contributed by atoms with Crippen molar-refractivity contribution in [2.45, 2.75) is 17.9 Å². The smallest absolute Gasteiger partial charge is 0.273 e. The summed E-state index contributed by atoms with van der Waals surface area (Å²) in [6.07, 6.45) is -12.3. The number of fused-ring (bicyclic) bond motifs is 1. The fraction of sp³-hybridized carbons (Fsp3) is 0.150. The van der Waals surface area contributed by atoms with Crippen LogP contribution >= 0.6 is 11.6 Å².